The Morgan fingerprint density at radius 2 is 2.00 bits per heavy atom. The minimum Gasteiger partial charge on any atom is -0.497 e. The van der Waals surface area contributed by atoms with Crippen molar-refractivity contribution in [1.82, 2.24) is 0 Å². The van der Waals surface area contributed by atoms with Crippen LogP contribution in [0.3, 0.4) is 0 Å². The molecule has 0 fully saturated rings. The van der Waals surface area contributed by atoms with Crippen molar-refractivity contribution in [2.45, 2.75) is 13.0 Å². The van der Waals surface area contributed by atoms with Crippen molar-refractivity contribution in [1.29, 1.82) is 0 Å². The molecule has 1 heterocycles. The highest BCUT2D eigenvalue weighted by molar-refractivity contribution is 9.10. The average molecular weight is 346 g/mol. The maximum Gasteiger partial charge on any atom is 0.134 e. The number of hydrogen-bond donors (Lipinski definition) is 1. The minimum absolute atomic E-state index is 0.291. The molecule has 0 radical (unpaired) electrons. The first-order chi connectivity index (χ1) is 10.1. The molecule has 4 heteroatoms. The lowest BCUT2D eigenvalue weighted by Crippen LogP contribution is -2.11. The second kappa shape index (κ2) is 5.54. The third-order valence-corrected chi connectivity index (χ3v) is 4.16. The Hall–Kier alpha value is -1.78. The van der Waals surface area contributed by atoms with Crippen molar-refractivity contribution in [3.63, 3.8) is 0 Å². The van der Waals surface area contributed by atoms with E-state index in [0.29, 0.717) is 0 Å². The molecule has 1 aromatic heterocycles. The lowest BCUT2D eigenvalue weighted by molar-refractivity contribution is 0.415. The summed E-state index contributed by atoms with van der Waals surface area (Å²) in [4.78, 5) is 0. The molecule has 0 saturated heterocycles. The van der Waals surface area contributed by atoms with Gasteiger partial charge in [-0.15, -0.1) is 0 Å². The Labute approximate surface area is 131 Å². The zero-order chi connectivity index (χ0) is 15.0. The summed E-state index contributed by atoms with van der Waals surface area (Å²) in [5.41, 5.74) is 9.27. The zero-order valence-electron chi connectivity index (χ0n) is 11.9. The average Bonchev–Trinajstić information content (AvgIpc) is 2.83. The van der Waals surface area contributed by atoms with E-state index in [1.54, 1.807) is 7.11 Å². The summed E-state index contributed by atoms with van der Waals surface area (Å²) in [5.74, 6) is 1.60. The molecular formula is C17H16BrNO2. The number of furan rings is 1. The number of aryl methyl sites for hydroxylation is 1. The van der Waals surface area contributed by atoms with Gasteiger partial charge in [-0.1, -0.05) is 28.1 Å². The van der Waals surface area contributed by atoms with Gasteiger partial charge >= 0.3 is 0 Å². The maximum absolute atomic E-state index is 6.37. The smallest absolute Gasteiger partial charge is 0.134 e. The van der Waals surface area contributed by atoms with Crippen molar-refractivity contribution < 1.29 is 9.15 Å². The van der Waals surface area contributed by atoms with Crippen LogP contribution < -0.4 is 10.5 Å². The summed E-state index contributed by atoms with van der Waals surface area (Å²) < 4.78 is 12.2. The zero-order valence-corrected chi connectivity index (χ0v) is 13.5. The molecule has 3 aromatic rings. The standard InChI is InChI=1S/C17H16BrNO2/c1-10-14-9-13(20-2)6-7-15(14)21-17(10)16(19)11-4-3-5-12(18)8-11/h3-9,16H,19H2,1-2H3. The summed E-state index contributed by atoms with van der Waals surface area (Å²) >= 11 is 3.47. The minimum atomic E-state index is -0.291. The number of fused-ring (bicyclic) bond motifs is 1. The van der Waals surface area contributed by atoms with Crippen LogP contribution >= 0.6 is 15.9 Å². The van der Waals surface area contributed by atoms with E-state index in [4.69, 9.17) is 14.9 Å². The van der Waals surface area contributed by atoms with Crippen molar-refractivity contribution in [2.75, 3.05) is 7.11 Å². The van der Waals surface area contributed by atoms with Crippen LogP contribution in [0.25, 0.3) is 11.0 Å². The van der Waals surface area contributed by atoms with Crippen LogP contribution in [0.1, 0.15) is 22.9 Å². The van der Waals surface area contributed by atoms with E-state index in [2.05, 4.69) is 15.9 Å². The molecule has 0 aliphatic heterocycles. The van der Waals surface area contributed by atoms with E-state index in [1.165, 1.54) is 0 Å². The molecule has 3 rings (SSSR count). The van der Waals surface area contributed by atoms with Gasteiger partial charge in [0.15, 0.2) is 0 Å². The third-order valence-electron chi connectivity index (χ3n) is 3.67. The van der Waals surface area contributed by atoms with Crippen LogP contribution in [0.4, 0.5) is 0 Å². The maximum atomic E-state index is 6.37. The van der Waals surface area contributed by atoms with Crippen LogP contribution in [-0.4, -0.2) is 7.11 Å². The first-order valence-electron chi connectivity index (χ1n) is 6.68. The lowest BCUT2D eigenvalue weighted by atomic mass is 10.0. The van der Waals surface area contributed by atoms with E-state index in [-0.39, 0.29) is 6.04 Å². The molecule has 0 aliphatic rings. The molecule has 1 unspecified atom stereocenters. The molecule has 3 nitrogen and oxygen atoms in total. The first-order valence-corrected chi connectivity index (χ1v) is 7.47. The second-order valence-corrected chi connectivity index (χ2v) is 5.90. The number of nitrogens with two attached hydrogens (primary N) is 1. The molecule has 2 N–H and O–H groups in total. The van der Waals surface area contributed by atoms with E-state index in [9.17, 15) is 0 Å². The number of methoxy groups -OCH3 is 1. The summed E-state index contributed by atoms with van der Waals surface area (Å²) in [6, 6.07) is 13.5. The third kappa shape index (κ3) is 2.57. The van der Waals surface area contributed by atoms with E-state index in [0.717, 1.165) is 38.1 Å². The van der Waals surface area contributed by atoms with Gasteiger partial charge in [-0.05, 0) is 42.8 Å². The molecule has 21 heavy (non-hydrogen) atoms. The Bertz CT molecular complexity index is 795. The van der Waals surface area contributed by atoms with Gasteiger partial charge in [0, 0.05) is 15.4 Å². The molecular weight excluding hydrogens is 330 g/mol. The van der Waals surface area contributed by atoms with Gasteiger partial charge in [0.05, 0.1) is 13.2 Å². The largest absolute Gasteiger partial charge is 0.497 e. The highest BCUT2D eigenvalue weighted by atomic mass is 79.9. The normalized spacial score (nSPS) is 12.6. The number of rotatable bonds is 3. The van der Waals surface area contributed by atoms with Crippen molar-refractivity contribution in [3.8, 4) is 5.75 Å². The molecule has 0 aliphatic carbocycles. The van der Waals surface area contributed by atoms with Crippen molar-refractivity contribution >= 4 is 26.9 Å². The Morgan fingerprint density at radius 1 is 1.19 bits per heavy atom. The van der Waals surface area contributed by atoms with E-state index < -0.39 is 0 Å². The van der Waals surface area contributed by atoms with Crippen molar-refractivity contribution in [2.24, 2.45) is 5.73 Å². The number of hydrogen-bond acceptors (Lipinski definition) is 3. The van der Waals surface area contributed by atoms with Crippen molar-refractivity contribution in [3.05, 3.63) is 63.8 Å². The summed E-state index contributed by atoms with van der Waals surface area (Å²) in [6.45, 7) is 2.03. The Kier molecular flexibility index (Phi) is 3.74. The van der Waals surface area contributed by atoms with Gasteiger partial charge in [0.25, 0.3) is 0 Å². The summed E-state index contributed by atoms with van der Waals surface area (Å²) in [7, 11) is 1.66. The second-order valence-electron chi connectivity index (χ2n) is 4.99. The van der Waals surface area contributed by atoms with Crippen LogP contribution in [-0.2, 0) is 0 Å². The molecule has 2 aromatic carbocycles. The van der Waals surface area contributed by atoms with E-state index >= 15 is 0 Å². The molecule has 1 atom stereocenters. The molecule has 0 saturated carbocycles. The number of ether oxygens (including phenoxy) is 1. The van der Waals surface area contributed by atoms with Gasteiger partial charge in [-0.3, -0.25) is 0 Å². The topological polar surface area (TPSA) is 48.4 Å². The first kappa shape index (κ1) is 14.2. The monoisotopic (exact) mass is 345 g/mol. The Morgan fingerprint density at radius 3 is 2.71 bits per heavy atom. The van der Waals surface area contributed by atoms with E-state index in [1.807, 2.05) is 49.4 Å². The number of benzene rings is 2. The van der Waals surface area contributed by atoms with Gasteiger partial charge in [0.1, 0.15) is 17.1 Å². The van der Waals surface area contributed by atoms with Gasteiger partial charge < -0.3 is 14.9 Å². The SMILES string of the molecule is COc1ccc2oc(C(N)c3cccc(Br)c3)c(C)c2c1. The molecule has 108 valence electrons. The lowest BCUT2D eigenvalue weighted by Gasteiger charge is -2.10. The highest BCUT2D eigenvalue weighted by Crippen LogP contribution is 2.33. The molecule has 0 amide bonds. The van der Waals surface area contributed by atoms with Gasteiger partial charge in [-0.25, -0.2) is 0 Å². The highest BCUT2D eigenvalue weighted by Gasteiger charge is 2.19. The Balaban J connectivity index is 2.10. The fourth-order valence-corrected chi connectivity index (χ4v) is 2.91. The van der Waals surface area contributed by atoms with Crippen LogP contribution in [0.5, 0.6) is 5.75 Å². The quantitative estimate of drug-likeness (QED) is 0.756. The van der Waals surface area contributed by atoms with Gasteiger partial charge in [0.2, 0.25) is 0 Å². The van der Waals surface area contributed by atoms with Crippen LogP contribution in [0.15, 0.2) is 51.4 Å². The summed E-state index contributed by atoms with van der Waals surface area (Å²) in [5, 5.41) is 1.04. The number of halogens is 1. The molecule has 0 spiro atoms. The van der Waals surface area contributed by atoms with Crippen LogP contribution in [0.2, 0.25) is 0 Å². The van der Waals surface area contributed by atoms with Crippen LogP contribution in [0, 0.1) is 6.92 Å². The molecule has 0 bridgehead atoms. The fraction of sp³-hybridized carbons (Fsp3) is 0.176. The van der Waals surface area contributed by atoms with Gasteiger partial charge in [-0.2, -0.15) is 0 Å². The summed E-state index contributed by atoms with van der Waals surface area (Å²) in [6.07, 6.45) is 0. The fourth-order valence-electron chi connectivity index (χ4n) is 2.49. The predicted octanol–water partition coefficient (Wildman–Crippen LogP) is 4.56. The predicted molar refractivity (Wildman–Crippen MR) is 87.7 cm³/mol.